The quantitative estimate of drug-likeness (QED) is 0.458. The third-order valence-corrected chi connectivity index (χ3v) is 6.63. The van der Waals surface area contributed by atoms with Gasteiger partial charge in [-0.3, -0.25) is 14.9 Å². The van der Waals surface area contributed by atoms with Crippen LogP contribution in [0, 0.1) is 0 Å². The number of rotatable bonds is 7. The van der Waals surface area contributed by atoms with Gasteiger partial charge in [0.05, 0.1) is 17.4 Å². The highest BCUT2D eigenvalue weighted by Gasteiger charge is 2.29. The summed E-state index contributed by atoms with van der Waals surface area (Å²) in [5.74, 6) is 0. The summed E-state index contributed by atoms with van der Waals surface area (Å²) in [5.41, 5.74) is 9.29. The average molecular weight is 400 g/mol. The van der Waals surface area contributed by atoms with Gasteiger partial charge in [0.1, 0.15) is 0 Å². The first-order valence-electron chi connectivity index (χ1n) is 11.2. The molecule has 2 aliphatic carbocycles. The number of benzene rings is 1. The van der Waals surface area contributed by atoms with Crippen LogP contribution in [0.15, 0.2) is 54.9 Å². The van der Waals surface area contributed by atoms with Gasteiger partial charge >= 0.3 is 0 Å². The summed E-state index contributed by atoms with van der Waals surface area (Å²) in [6.07, 6.45) is 10.2. The molecule has 154 valence electrons. The molecule has 4 heteroatoms. The van der Waals surface area contributed by atoms with Crippen molar-refractivity contribution in [3.8, 4) is 11.1 Å². The van der Waals surface area contributed by atoms with Crippen LogP contribution in [0.1, 0.15) is 59.8 Å². The number of nitrogens with zero attached hydrogens (tertiary/aromatic N) is 3. The molecule has 0 fully saturated rings. The Kier molecular flexibility index (Phi) is 5.60. The number of hydrogen-bond donors (Lipinski definition) is 1. The molecule has 30 heavy (non-hydrogen) atoms. The molecule has 2 aromatic heterocycles. The maximum absolute atomic E-state index is 9.32. The molecule has 1 aromatic carbocycles. The van der Waals surface area contributed by atoms with E-state index in [0.29, 0.717) is 6.04 Å². The number of hydrogen-bond acceptors (Lipinski definition) is 4. The Morgan fingerprint density at radius 3 is 2.77 bits per heavy atom. The van der Waals surface area contributed by atoms with Crippen molar-refractivity contribution >= 4 is 0 Å². The Hall–Kier alpha value is -2.56. The zero-order chi connectivity index (χ0) is 20.3. The van der Waals surface area contributed by atoms with Crippen molar-refractivity contribution in [2.45, 2.75) is 51.1 Å². The van der Waals surface area contributed by atoms with Crippen LogP contribution in [-0.4, -0.2) is 33.1 Å². The Labute approximate surface area is 178 Å². The van der Waals surface area contributed by atoms with Crippen molar-refractivity contribution in [1.29, 1.82) is 0 Å². The van der Waals surface area contributed by atoms with E-state index in [2.05, 4.69) is 47.4 Å². The lowest BCUT2D eigenvalue weighted by atomic mass is 9.90. The van der Waals surface area contributed by atoms with Crippen LogP contribution in [0.2, 0.25) is 0 Å². The summed E-state index contributed by atoms with van der Waals surface area (Å²) in [6.45, 7) is 2.05. The Bertz CT molecular complexity index is 1030. The fraction of sp³-hybridized carbons (Fsp3) is 0.385. The fourth-order valence-electron chi connectivity index (χ4n) is 5.15. The predicted molar refractivity (Wildman–Crippen MR) is 119 cm³/mol. The summed E-state index contributed by atoms with van der Waals surface area (Å²) in [7, 11) is 0. The number of fused-ring (bicyclic) bond motifs is 4. The van der Waals surface area contributed by atoms with Crippen LogP contribution >= 0.6 is 0 Å². The van der Waals surface area contributed by atoms with Crippen LogP contribution in [0.5, 0.6) is 0 Å². The maximum atomic E-state index is 9.32. The summed E-state index contributed by atoms with van der Waals surface area (Å²) in [5, 5.41) is 9.32. The van der Waals surface area contributed by atoms with Gasteiger partial charge in [0.2, 0.25) is 0 Å². The Balaban J connectivity index is 1.46. The monoisotopic (exact) mass is 399 g/mol. The van der Waals surface area contributed by atoms with E-state index in [1.54, 1.807) is 0 Å². The lowest BCUT2D eigenvalue weighted by Crippen LogP contribution is -2.33. The highest BCUT2D eigenvalue weighted by molar-refractivity contribution is 5.77. The summed E-state index contributed by atoms with van der Waals surface area (Å²) in [4.78, 5) is 12.2. The van der Waals surface area contributed by atoms with Crippen LogP contribution in [0.4, 0.5) is 0 Å². The summed E-state index contributed by atoms with van der Waals surface area (Å²) in [6, 6.07) is 15.5. The predicted octanol–water partition coefficient (Wildman–Crippen LogP) is 4.70. The fourth-order valence-corrected chi connectivity index (χ4v) is 5.15. The standard InChI is InChI=1S/C26H29N3O/c30-16-4-3-15-29(25-11-5-8-19-9-6-13-28-26(19)25)18-24-23-17-20-7-1-2-10-21(20)22(23)12-14-27-24/h1-2,6-7,9-10,12-14,25,30H,3-5,8,11,15-18H2/t25-/m0/s1. The molecule has 0 spiro atoms. The molecule has 3 aromatic rings. The van der Waals surface area contributed by atoms with E-state index in [9.17, 15) is 5.11 Å². The molecule has 5 rings (SSSR count). The molecule has 0 bridgehead atoms. The molecule has 2 aliphatic rings. The number of unbranched alkanes of at least 4 members (excludes halogenated alkanes) is 1. The van der Waals surface area contributed by atoms with Crippen molar-refractivity contribution in [3.63, 3.8) is 0 Å². The van der Waals surface area contributed by atoms with Crippen molar-refractivity contribution in [2.75, 3.05) is 13.2 Å². The smallest absolute Gasteiger partial charge is 0.0607 e. The van der Waals surface area contributed by atoms with Crippen LogP contribution < -0.4 is 0 Å². The van der Waals surface area contributed by atoms with Gasteiger partial charge in [-0.1, -0.05) is 30.3 Å². The molecular weight excluding hydrogens is 370 g/mol. The van der Waals surface area contributed by atoms with E-state index < -0.39 is 0 Å². The van der Waals surface area contributed by atoms with Gasteiger partial charge in [-0.25, -0.2) is 0 Å². The van der Waals surface area contributed by atoms with E-state index in [-0.39, 0.29) is 6.61 Å². The number of aliphatic hydroxyl groups is 1. The molecule has 2 heterocycles. The van der Waals surface area contributed by atoms with Crippen molar-refractivity contribution in [2.24, 2.45) is 0 Å². The second-order valence-corrected chi connectivity index (χ2v) is 8.47. The third-order valence-electron chi connectivity index (χ3n) is 6.63. The number of aryl methyl sites for hydroxylation is 1. The molecule has 0 radical (unpaired) electrons. The minimum atomic E-state index is 0.252. The second-order valence-electron chi connectivity index (χ2n) is 8.47. The van der Waals surface area contributed by atoms with E-state index >= 15 is 0 Å². The van der Waals surface area contributed by atoms with Gasteiger partial charge in [0, 0.05) is 32.0 Å². The van der Waals surface area contributed by atoms with Crippen LogP contribution in [-0.2, 0) is 19.4 Å². The van der Waals surface area contributed by atoms with Gasteiger partial charge in [-0.15, -0.1) is 0 Å². The van der Waals surface area contributed by atoms with E-state index in [1.807, 2.05) is 12.4 Å². The number of aromatic nitrogens is 2. The minimum Gasteiger partial charge on any atom is -0.396 e. The van der Waals surface area contributed by atoms with Gasteiger partial charge in [-0.2, -0.15) is 0 Å². The van der Waals surface area contributed by atoms with Crippen molar-refractivity contribution in [3.05, 3.63) is 82.9 Å². The lowest BCUT2D eigenvalue weighted by Gasteiger charge is -2.35. The van der Waals surface area contributed by atoms with Crippen molar-refractivity contribution < 1.29 is 5.11 Å². The highest BCUT2D eigenvalue weighted by Crippen LogP contribution is 2.39. The first-order chi connectivity index (χ1) is 14.8. The number of pyridine rings is 2. The van der Waals surface area contributed by atoms with Crippen molar-refractivity contribution in [1.82, 2.24) is 14.9 Å². The van der Waals surface area contributed by atoms with Gasteiger partial charge in [-0.05, 0) is 78.6 Å². The Morgan fingerprint density at radius 2 is 1.83 bits per heavy atom. The Morgan fingerprint density at radius 1 is 0.933 bits per heavy atom. The molecule has 0 saturated heterocycles. The molecule has 4 nitrogen and oxygen atoms in total. The minimum absolute atomic E-state index is 0.252. The topological polar surface area (TPSA) is 49.2 Å². The first-order valence-corrected chi connectivity index (χ1v) is 11.2. The SMILES string of the molecule is OCCCCN(Cc1nccc2c1Cc1ccccc1-2)[C@H]1CCCc2cccnc21. The molecule has 1 N–H and O–H groups in total. The van der Waals surface area contributed by atoms with E-state index in [4.69, 9.17) is 9.97 Å². The normalized spacial score (nSPS) is 16.9. The van der Waals surface area contributed by atoms with E-state index in [1.165, 1.54) is 45.6 Å². The molecule has 0 amide bonds. The van der Waals surface area contributed by atoms with Gasteiger partial charge < -0.3 is 5.11 Å². The molecule has 1 atom stereocenters. The largest absolute Gasteiger partial charge is 0.396 e. The average Bonchev–Trinajstić information content (AvgIpc) is 3.18. The zero-order valence-electron chi connectivity index (χ0n) is 17.4. The van der Waals surface area contributed by atoms with Crippen LogP contribution in [0.25, 0.3) is 11.1 Å². The van der Waals surface area contributed by atoms with E-state index in [0.717, 1.165) is 45.2 Å². The first kappa shape index (κ1) is 19.4. The summed E-state index contributed by atoms with van der Waals surface area (Å²) < 4.78 is 0. The second kappa shape index (κ2) is 8.66. The third kappa shape index (κ3) is 3.66. The van der Waals surface area contributed by atoms with Gasteiger partial charge in [0.25, 0.3) is 0 Å². The highest BCUT2D eigenvalue weighted by atomic mass is 16.2. The lowest BCUT2D eigenvalue weighted by molar-refractivity contribution is 0.155. The van der Waals surface area contributed by atoms with Gasteiger partial charge in [0.15, 0.2) is 0 Å². The molecule has 0 unspecified atom stereocenters. The van der Waals surface area contributed by atoms with Crippen LogP contribution in [0.3, 0.4) is 0 Å². The molecule has 0 saturated carbocycles. The number of aliphatic hydroxyl groups excluding tert-OH is 1. The zero-order valence-corrected chi connectivity index (χ0v) is 17.4. The summed E-state index contributed by atoms with van der Waals surface area (Å²) >= 11 is 0. The molecular formula is C26H29N3O. The maximum Gasteiger partial charge on any atom is 0.0607 e. The molecule has 0 aliphatic heterocycles.